The molecule has 3 aromatic rings. The molecule has 0 bridgehead atoms. The summed E-state index contributed by atoms with van der Waals surface area (Å²) in [5.41, 5.74) is 0.610. The fraction of sp³-hybridized carbons (Fsp3) is 0.300. The first-order chi connectivity index (χ1) is 14.8. The first-order valence-electron chi connectivity index (χ1n) is 9.58. The zero-order chi connectivity index (χ0) is 22.0. The lowest BCUT2D eigenvalue weighted by atomic mass is 10.1. The second-order valence-electron chi connectivity index (χ2n) is 7.25. The fourth-order valence-electron chi connectivity index (χ4n) is 3.39. The molecule has 164 valence electrons. The summed E-state index contributed by atoms with van der Waals surface area (Å²) in [6, 6.07) is 9.61. The number of halogens is 3. The molecule has 2 heterocycles. The van der Waals surface area contributed by atoms with Crippen LogP contribution in [0.3, 0.4) is 0 Å². The molecule has 0 saturated carbocycles. The van der Waals surface area contributed by atoms with E-state index in [4.69, 9.17) is 27.6 Å². The largest absolute Gasteiger partial charge is 0.419 e. The Labute approximate surface area is 189 Å². The molecule has 1 aliphatic rings. The summed E-state index contributed by atoms with van der Waals surface area (Å²) < 4.78 is 46.4. The molecule has 31 heavy (non-hydrogen) atoms. The van der Waals surface area contributed by atoms with Gasteiger partial charge in [-0.15, -0.1) is 10.2 Å². The van der Waals surface area contributed by atoms with E-state index in [1.54, 1.807) is 18.2 Å². The molecule has 0 spiro atoms. The molecule has 1 aromatic heterocycles. The van der Waals surface area contributed by atoms with Crippen LogP contribution in [-0.2, 0) is 16.6 Å². The quantitative estimate of drug-likeness (QED) is 0.565. The number of hydrogen-bond acceptors (Lipinski definition) is 6. The first kappa shape index (κ1) is 22.2. The van der Waals surface area contributed by atoms with Gasteiger partial charge < -0.3 is 4.42 Å². The van der Waals surface area contributed by atoms with Crippen LogP contribution in [0.4, 0.5) is 4.39 Å². The van der Waals surface area contributed by atoms with Crippen molar-refractivity contribution in [2.75, 3.05) is 13.1 Å². The first-order valence-corrected chi connectivity index (χ1v) is 11.8. The van der Waals surface area contributed by atoms with Gasteiger partial charge in [0.1, 0.15) is 5.82 Å². The number of hydrogen-bond donors (Lipinski definition) is 1. The molecule has 0 unspecified atom stereocenters. The Morgan fingerprint density at radius 1 is 1.10 bits per heavy atom. The van der Waals surface area contributed by atoms with Gasteiger partial charge >= 0.3 is 0 Å². The zero-order valence-electron chi connectivity index (χ0n) is 16.3. The van der Waals surface area contributed by atoms with Gasteiger partial charge in [-0.1, -0.05) is 23.2 Å². The van der Waals surface area contributed by atoms with E-state index in [1.807, 2.05) is 0 Å². The molecule has 1 aliphatic heterocycles. The Balaban J connectivity index is 1.32. The van der Waals surface area contributed by atoms with E-state index in [9.17, 15) is 12.8 Å². The van der Waals surface area contributed by atoms with Gasteiger partial charge in [0.2, 0.25) is 21.8 Å². The minimum absolute atomic E-state index is 0.0515. The van der Waals surface area contributed by atoms with Crippen molar-refractivity contribution in [2.45, 2.75) is 30.3 Å². The SMILES string of the molecule is O=S(=O)(NC1CCN(Cc2nnc(-c3ccc(Cl)cc3Cl)o2)CC1)c1ccc(F)cc1. The monoisotopic (exact) mass is 484 g/mol. The third kappa shape index (κ3) is 5.42. The molecule has 0 amide bonds. The second kappa shape index (κ2) is 9.22. The van der Waals surface area contributed by atoms with Crippen LogP contribution in [0.1, 0.15) is 18.7 Å². The van der Waals surface area contributed by atoms with Crippen molar-refractivity contribution >= 4 is 33.2 Å². The average molecular weight is 485 g/mol. The summed E-state index contributed by atoms with van der Waals surface area (Å²) in [5.74, 6) is 0.291. The highest BCUT2D eigenvalue weighted by Crippen LogP contribution is 2.29. The normalized spacial score (nSPS) is 16.0. The maximum atomic E-state index is 13.0. The Kier molecular flexibility index (Phi) is 6.59. The molecular weight excluding hydrogens is 466 g/mol. The summed E-state index contributed by atoms with van der Waals surface area (Å²) in [7, 11) is -3.69. The lowest BCUT2D eigenvalue weighted by molar-refractivity contribution is 0.184. The van der Waals surface area contributed by atoms with Crippen molar-refractivity contribution in [3.05, 3.63) is 64.2 Å². The smallest absolute Gasteiger partial charge is 0.249 e. The van der Waals surface area contributed by atoms with E-state index in [2.05, 4.69) is 19.8 Å². The lowest BCUT2D eigenvalue weighted by Gasteiger charge is -2.31. The van der Waals surface area contributed by atoms with Crippen LogP contribution in [0, 0.1) is 5.82 Å². The molecule has 11 heteroatoms. The third-order valence-corrected chi connectivity index (χ3v) is 7.10. The number of rotatable bonds is 6. The Morgan fingerprint density at radius 2 is 1.81 bits per heavy atom. The molecule has 4 rings (SSSR count). The highest BCUT2D eigenvalue weighted by atomic mass is 35.5. The number of sulfonamides is 1. The molecule has 1 fully saturated rings. The van der Waals surface area contributed by atoms with Gasteiger partial charge in [-0.3, -0.25) is 4.90 Å². The van der Waals surface area contributed by atoms with E-state index in [-0.39, 0.29) is 10.9 Å². The number of aromatic nitrogens is 2. The molecule has 1 saturated heterocycles. The van der Waals surface area contributed by atoms with Gasteiger partial charge in [-0.2, -0.15) is 0 Å². The zero-order valence-corrected chi connectivity index (χ0v) is 18.6. The highest BCUT2D eigenvalue weighted by Gasteiger charge is 2.25. The third-order valence-electron chi connectivity index (χ3n) is 5.02. The average Bonchev–Trinajstić information content (AvgIpc) is 3.18. The van der Waals surface area contributed by atoms with Gasteiger partial charge in [0.25, 0.3) is 0 Å². The summed E-state index contributed by atoms with van der Waals surface area (Å²) in [4.78, 5) is 2.17. The van der Waals surface area contributed by atoms with Crippen molar-refractivity contribution in [1.29, 1.82) is 0 Å². The lowest BCUT2D eigenvalue weighted by Crippen LogP contribution is -2.44. The van der Waals surface area contributed by atoms with Crippen LogP contribution in [-0.4, -0.2) is 42.6 Å². The van der Waals surface area contributed by atoms with Crippen molar-refractivity contribution in [3.8, 4) is 11.5 Å². The molecule has 1 N–H and O–H groups in total. The van der Waals surface area contributed by atoms with Crippen LogP contribution in [0.5, 0.6) is 0 Å². The van der Waals surface area contributed by atoms with Crippen LogP contribution >= 0.6 is 23.2 Å². The summed E-state index contributed by atoms with van der Waals surface area (Å²) in [5, 5.41) is 9.09. The van der Waals surface area contributed by atoms with Gasteiger partial charge in [-0.05, 0) is 55.3 Å². The maximum absolute atomic E-state index is 13.0. The van der Waals surface area contributed by atoms with Crippen molar-refractivity contribution in [3.63, 3.8) is 0 Å². The number of nitrogens with one attached hydrogen (secondary N) is 1. The summed E-state index contributed by atoms with van der Waals surface area (Å²) in [6.45, 7) is 1.78. The predicted octanol–water partition coefficient (Wildman–Crippen LogP) is 4.13. The molecule has 7 nitrogen and oxygen atoms in total. The minimum atomic E-state index is -3.69. The second-order valence-corrected chi connectivity index (χ2v) is 9.81. The minimum Gasteiger partial charge on any atom is -0.419 e. The predicted molar refractivity (Wildman–Crippen MR) is 115 cm³/mol. The molecule has 0 radical (unpaired) electrons. The van der Waals surface area contributed by atoms with Gasteiger partial charge in [0.15, 0.2) is 0 Å². The highest BCUT2D eigenvalue weighted by molar-refractivity contribution is 7.89. The van der Waals surface area contributed by atoms with E-state index >= 15 is 0 Å². The fourth-order valence-corrected chi connectivity index (χ4v) is 5.19. The van der Waals surface area contributed by atoms with Crippen molar-refractivity contribution < 1.29 is 17.2 Å². The molecular formula is C20H19Cl2FN4O3S. The van der Waals surface area contributed by atoms with E-state index in [0.29, 0.717) is 59.9 Å². The Hall–Kier alpha value is -2.04. The van der Waals surface area contributed by atoms with Crippen LogP contribution in [0.2, 0.25) is 10.0 Å². The number of likely N-dealkylation sites (tertiary alicyclic amines) is 1. The van der Waals surface area contributed by atoms with Crippen molar-refractivity contribution in [2.24, 2.45) is 0 Å². The van der Waals surface area contributed by atoms with E-state index in [0.717, 1.165) is 12.1 Å². The molecule has 0 aliphatic carbocycles. The van der Waals surface area contributed by atoms with Crippen LogP contribution < -0.4 is 4.72 Å². The number of nitrogens with zero attached hydrogens (tertiary/aromatic N) is 3. The number of piperidine rings is 1. The Morgan fingerprint density at radius 3 is 2.48 bits per heavy atom. The van der Waals surface area contributed by atoms with Crippen LogP contribution in [0.25, 0.3) is 11.5 Å². The van der Waals surface area contributed by atoms with E-state index in [1.165, 1.54) is 12.1 Å². The van der Waals surface area contributed by atoms with Crippen molar-refractivity contribution in [1.82, 2.24) is 19.8 Å². The van der Waals surface area contributed by atoms with E-state index < -0.39 is 15.8 Å². The standard InChI is InChI=1S/C20H19Cl2FN4O3S/c21-13-1-6-17(18(22)11-13)20-25-24-19(30-20)12-27-9-7-15(8-10-27)26-31(28,29)16-4-2-14(23)3-5-16/h1-6,11,15,26H,7-10,12H2. The molecule has 0 atom stereocenters. The van der Waals surface area contributed by atoms with Gasteiger partial charge in [-0.25, -0.2) is 17.5 Å². The van der Waals surface area contributed by atoms with Crippen LogP contribution in [0.15, 0.2) is 51.8 Å². The van der Waals surface area contributed by atoms with Gasteiger partial charge in [0.05, 0.1) is 22.0 Å². The van der Waals surface area contributed by atoms with Gasteiger partial charge in [0, 0.05) is 24.2 Å². The summed E-state index contributed by atoms with van der Waals surface area (Å²) >= 11 is 12.1. The number of benzene rings is 2. The summed E-state index contributed by atoms with van der Waals surface area (Å²) in [6.07, 6.45) is 1.26. The Bertz CT molecular complexity index is 1160. The topological polar surface area (TPSA) is 88.3 Å². The molecule has 2 aromatic carbocycles. The maximum Gasteiger partial charge on any atom is 0.249 e.